The van der Waals surface area contributed by atoms with Crippen LogP contribution in [0.1, 0.15) is 12.6 Å². The van der Waals surface area contributed by atoms with Crippen molar-refractivity contribution in [1.82, 2.24) is 20.3 Å². The van der Waals surface area contributed by atoms with Crippen LogP contribution in [0.5, 0.6) is 0 Å². The smallest absolute Gasteiger partial charge is 0.217 e. The summed E-state index contributed by atoms with van der Waals surface area (Å²) in [6.07, 6.45) is -1.53. The lowest BCUT2D eigenvalue weighted by Gasteiger charge is -2.42. The maximum Gasteiger partial charge on any atom is 0.217 e. The molecule has 1 amide bonds. The van der Waals surface area contributed by atoms with Crippen LogP contribution in [0.3, 0.4) is 0 Å². The van der Waals surface area contributed by atoms with Gasteiger partial charge in [0.05, 0.1) is 85.4 Å². The van der Waals surface area contributed by atoms with E-state index in [1.54, 1.807) is 4.68 Å². The van der Waals surface area contributed by atoms with E-state index in [2.05, 4.69) is 15.6 Å². The molecule has 1 aromatic heterocycles. The highest BCUT2D eigenvalue weighted by Gasteiger charge is 2.59. The van der Waals surface area contributed by atoms with E-state index in [0.29, 0.717) is 65.9 Å². The molecule has 0 unspecified atom stereocenters. The number of amides is 1. The minimum atomic E-state index is -1.27. The first-order valence-electron chi connectivity index (χ1n) is 12.4. The number of nitrogens with one attached hydrogen (secondary N) is 1. The summed E-state index contributed by atoms with van der Waals surface area (Å²) in [5, 5.41) is 31.4. The SMILES string of the molecule is CC(=O)N[C@H]1[C@H]2OC[C@](COCCOCCOCCOCCn3cc(COCCN)nn3)(O2)[C@H](O)[C@@H]1O. The van der Waals surface area contributed by atoms with Crippen molar-refractivity contribution < 1.29 is 48.2 Å². The Bertz CT molecular complexity index is 802. The Morgan fingerprint density at radius 1 is 1.11 bits per heavy atom. The normalized spacial score (nSPS) is 27.0. The molecule has 2 aliphatic rings. The maximum absolute atomic E-state index is 11.3. The quantitative estimate of drug-likeness (QED) is 0.133. The van der Waals surface area contributed by atoms with Crippen molar-refractivity contribution in [3.8, 4) is 0 Å². The molecule has 1 aromatic rings. The molecule has 2 aliphatic heterocycles. The second-order valence-electron chi connectivity index (χ2n) is 8.73. The Morgan fingerprint density at radius 3 is 2.46 bits per heavy atom. The van der Waals surface area contributed by atoms with Crippen molar-refractivity contribution in [2.24, 2.45) is 5.73 Å². The number of aromatic nitrogens is 3. The second kappa shape index (κ2) is 15.6. The standard InChI is InChI=1S/C22H39N5O10/c1-16(28)24-18-19(29)20(30)22(15-36-21(18)37-22)14-35-11-10-33-9-8-32-7-6-31-5-3-27-12-17(25-26-27)13-34-4-2-23/h12,18-21,29-30H,2-11,13-15,23H2,1H3,(H,24,28)/t18-,19-,20-,21+,22+/m1/s1. The summed E-state index contributed by atoms with van der Waals surface area (Å²) < 4.78 is 40.4. The number of hydrogen-bond acceptors (Lipinski definition) is 13. The zero-order valence-corrected chi connectivity index (χ0v) is 21.2. The highest BCUT2D eigenvalue weighted by Crippen LogP contribution is 2.37. The van der Waals surface area contributed by atoms with Crippen LogP contribution in [-0.2, 0) is 51.1 Å². The number of carbonyl (C=O) groups excluding carboxylic acids is 1. The van der Waals surface area contributed by atoms with Gasteiger partial charge in [-0.25, -0.2) is 4.68 Å². The van der Waals surface area contributed by atoms with Gasteiger partial charge in [-0.05, 0) is 0 Å². The molecule has 2 bridgehead atoms. The van der Waals surface area contributed by atoms with Gasteiger partial charge in [-0.2, -0.15) is 0 Å². The van der Waals surface area contributed by atoms with E-state index in [0.717, 1.165) is 5.69 Å². The van der Waals surface area contributed by atoms with Crippen molar-refractivity contribution in [3.63, 3.8) is 0 Å². The van der Waals surface area contributed by atoms with Crippen LogP contribution in [0.15, 0.2) is 6.20 Å². The Balaban J connectivity index is 1.14. The number of nitrogens with two attached hydrogens (primary N) is 1. The van der Waals surface area contributed by atoms with Crippen LogP contribution in [-0.4, -0.2) is 134 Å². The van der Waals surface area contributed by atoms with Crippen molar-refractivity contribution in [1.29, 1.82) is 0 Å². The average molecular weight is 534 g/mol. The van der Waals surface area contributed by atoms with E-state index in [-0.39, 0.29) is 25.7 Å². The number of carbonyl (C=O) groups is 1. The summed E-state index contributed by atoms with van der Waals surface area (Å²) >= 11 is 0. The lowest BCUT2D eigenvalue weighted by atomic mass is 9.88. The molecule has 0 radical (unpaired) electrons. The summed E-state index contributed by atoms with van der Waals surface area (Å²) in [7, 11) is 0. The highest BCUT2D eigenvalue weighted by molar-refractivity contribution is 5.73. The Kier molecular flexibility index (Phi) is 12.5. The summed E-state index contributed by atoms with van der Waals surface area (Å²) in [6.45, 7) is 6.08. The molecule has 0 aromatic carbocycles. The van der Waals surface area contributed by atoms with Crippen LogP contribution in [0, 0.1) is 0 Å². The third-order valence-electron chi connectivity index (χ3n) is 5.76. The van der Waals surface area contributed by atoms with E-state index >= 15 is 0 Å². The van der Waals surface area contributed by atoms with E-state index < -0.39 is 30.1 Å². The van der Waals surface area contributed by atoms with Crippen LogP contribution in [0.4, 0.5) is 0 Å². The van der Waals surface area contributed by atoms with Gasteiger partial charge in [0.1, 0.15) is 29.5 Å². The molecule has 2 fully saturated rings. The predicted molar refractivity (Wildman–Crippen MR) is 125 cm³/mol. The van der Waals surface area contributed by atoms with E-state index in [1.807, 2.05) is 6.20 Å². The number of fused-ring (bicyclic) bond motifs is 2. The molecule has 15 heteroatoms. The molecular weight excluding hydrogens is 494 g/mol. The van der Waals surface area contributed by atoms with Crippen molar-refractivity contribution in [2.75, 3.05) is 72.6 Å². The van der Waals surface area contributed by atoms with Crippen molar-refractivity contribution in [3.05, 3.63) is 11.9 Å². The lowest BCUT2D eigenvalue weighted by Crippen LogP contribution is -2.66. The molecular formula is C22H39N5O10. The first-order valence-corrected chi connectivity index (χ1v) is 12.4. The van der Waals surface area contributed by atoms with Crippen molar-refractivity contribution >= 4 is 5.91 Å². The van der Waals surface area contributed by atoms with Crippen LogP contribution in [0.2, 0.25) is 0 Å². The molecule has 2 saturated heterocycles. The molecule has 15 nitrogen and oxygen atoms in total. The average Bonchev–Trinajstić information content (AvgIpc) is 3.50. The van der Waals surface area contributed by atoms with Gasteiger partial charge in [-0.3, -0.25) is 4.79 Å². The van der Waals surface area contributed by atoms with Crippen molar-refractivity contribution in [2.45, 2.75) is 50.2 Å². The van der Waals surface area contributed by atoms with Gasteiger partial charge in [-0.15, -0.1) is 5.10 Å². The molecule has 0 spiro atoms. The summed E-state index contributed by atoms with van der Waals surface area (Å²) in [6, 6.07) is -0.842. The number of hydrogen-bond donors (Lipinski definition) is 4. The molecule has 0 aliphatic carbocycles. The zero-order chi connectivity index (χ0) is 26.5. The van der Waals surface area contributed by atoms with Gasteiger partial charge in [0.2, 0.25) is 5.91 Å². The topological polar surface area (TPSA) is 191 Å². The highest BCUT2D eigenvalue weighted by atomic mass is 16.8. The largest absolute Gasteiger partial charge is 0.388 e. The van der Waals surface area contributed by atoms with Crippen LogP contribution < -0.4 is 11.1 Å². The molecule has 5 atom stereocenters. The molecule has 5 N–H and O–H groups in total. The minimum absolute atomic E-state index is 0.0175. The summed E-state index contributed by atoms with van der Waals surface area (Å²) in [5.74, 6) is -0.351. The molecule has 0 saturated carbocycles. The molecule has 3 rings (SSSR count). The fourth-order valence-corrected chi connectivity index (χ4v) is 3.91. The van der Waals surface area contributed by atoms with Gasteiger partial charge in [0.15, 0.2) is 6.29 Å². The zero-order valence-electron chi connectivity index (χ0n) is 21.2. The Morgan fingerprint density at radius 2 is 1.78 bits per heavy atom. The lowest BCUT2D eigenvalue weighted by molar-refractivity contribution is -0.238. The number of ether oxygens (including phenoxy) is 7. The van der Waals surface area contributed by atoms with Crippen LogP contribution in [0.25, 0.3) is 0 Å². The maximum atomic E-state index is 11.3. The first-order chi connectivity index (χ1) is 17.9. The third kappa shape index (κ3) is 9.17. The fraction of sp³-hybridized carbons (Fsp3) is 0.864. The van der Waals surface area contributed by atoms with Gasteiger partial charge in [0, 0.05) is 13.5 Å². The molecule has 3 heterocycles. The molecule has 212 valence electrons. The van der Waals surface area contributed by atoms with E-state index in [1.165, 1.54) is 6.92 Å². The second-order valence-corrected chi connectivity index (χ2v) is 8.73. The number of aliphatic hydroxyl groups excluding tert-OH is 2. The predicted octanol–water partition coefficient (Wildman–Crippen LogP) is -2.83. The first kappa shape index (κ1) is 29.8. The monoisotopic (exact) mass is 533 g/mol. The van der Waals surface area contributed by atoms with Gasteiger partial charge in [-0.1, -0.05) is 5.21 Å². The Labute approximate surface area is 215 Å². The summed E-state index contributed by atoms with van der Waals surface area (Å²) in [4.78, 5) is 11.3. The number of nitrogens with zero attached hydrogens (tertiary/aromatic N) is 3. The van der Waals surface area contributed by atoms with Crippen LogP contribution >= 0.6 is 0 Å². The Hall–Kier alpha value is -1.79. The van der Waals surface area contributed by atoms with E-state index in [4.69, 9.17) is 38.9 Å². The number of aliphatic hydroxyl groups is 2. The minimum Gasteiger partial charge on any atom is -0.388 e. The third-order valence-corrected chi connectivity index (χ3v) is 5.76. The van der Waals surface area contributed by atoms with E-state index in [9.17, 15) is 15.0 Å². The molecule has 37 heavy (non-hydrogen) atoms. The van der Waals surface area contributed by atoms with Gasteiger partial charge >= 0.3 is 0 Å². The van der Waals surface area contributed by atoms with Gasteiger partial charge in [0.25, 0.3) is 0 Å². The summed E-state index contributed by atoms with van der Waals surface area (Å²) in [5.41, 5.74) is 4.94. The van der Waals surface area contributed by atoms with Gasteiger partial charge < -0.3 is 54.4 Å². The number of rotatable bonds is 19. The fourth-order valence-electron chi connectivity index (χ4n) is 3.91.